The van der Waals surface area contributed by atoms with Crippen LogP contribution in [-0.4, -0.2) is 52.1 Å². The molecule has 0 aliphatic rings. The first-order valence-corrected chi connectivity index (χ1v) is 13.9. The quantitative estimate of drug-likeness (QED) is 0.146. The number of carboxylic acid groups (broad SMARTS) is 2. The van der Waals surface area contributed by atoms with Crippen LogP contribution in [0.25, 0.3) is 0 Å². The second-order valence-electron chi connectivity index (χ2n) is 10.1. The van der Waals surface area contributed by atoms with Gasteiger partial charge in [0.05, 0.1) is 42.1 Å². The van der Waals surface area contributed by atoms with Gasteiger partial charge in [0.15, 0.2) is 0 Å². The highest BCUT2D eigenvalue weighted by atomic mass is 16.5. The molecule has 0 fully saturated rings. The number of hydrogen-bond acceptors (Lipinski definition) is 7. The fourth-order valence-electron chi connectivity index (χ4n) is 4.70. The molecule has 236 valence electrons. The van der Waals surface area contributed by atoms with E-state index in [2.05, 4.69) is 20.9 Å². The van der Waals surface area contributed by atoms with Crippen LogP contribution in [0, 0.1) is 6.92 Å². The minimum absolute atomic E-state index is 0.218. The molecule has 0 aliphatic heterocycles. The zero-order chi connectivity index (χ0) is 33.4. The highest BCUT2D eigenvalue weighted by molar-refractivity contribution is 6.05. The Morgan fingerprint density at radius 1 is 0.870 bits per heavy atom. The topological polar surface area (TPSA) is 187 Å². The standard InChI is InChI=1S/C33H31N5O8/c1-19-6-4-5-7-26(19)36-33(45)37-27-13-12-23(16-29(27)46-3)38(20(2)39)22-10-8-21(9-11-22)28(17-30(40)41)35-31(42)25-18-34-15-14-24(25)32(43)44/h4-16,18,28H,17H2,1-3H3,(H,35,42)(H,40,41)(H,43,44)(H2,36,37,45). The molecule has 0 saturated heterocycles. The van der Waals surface area contributed by atoms with Crippen LogP contribution >= 0.6 is 0 Å². The number of nitrogens with one attached hydrogen (secondary N) is 3. The van der Waals surface area contributed by atoms with Crippen LogP contribution in [0.15, 0.2) is 85.2 Å². The van der Waals surface area contributed by atoms with E-state index in [0.717, 1.165) is 11.8 Å². The summed E-state index contributed by atoms with van der Waals surface area (Å²) in [4.78, 5) is 66.8. The number of aromatic nitrogens is 1. The zero-order valence-electron chi connectivity index (χ0n) is 25.1. The number of methoxy groups -OCH3 is 1. The van der Waals surface area contributed by atoms with E-state index < -0.39 is 36.3 Å². The smallest absolute Gasteiger partial charge is 0.336 e. The van der Waals surface area contributed by atoms with E-state index in [-0.39, 0.29) is 17.0 Å². The van der Waals surface area contributed by atoms with Crippen molar-refractivity contribution in [2.75, 3.05) is 22.6 Å². The molecule has 0 aliphatic carbocycles. The summed E-state index contributed by atoms with van der Waals surface area (Å²) in [7, 11) is 1.43. The van der Waals surface area contributed by atoms with Crippen LogP contribution in [-0.2, 0) is 9.59 Å². The number of aryl methyl sites for hydroxylation is 1. The Labute approximate surface area is 263 Å². The predicted molar refractivity (Wildman–Crippen MR) is 170 cm³/mol. The van der Waals surface area contributed by atoms with Crippen molar-refractivity contribution in [3.63, 3.8) is 0 Å². The van der Waals surface area contributed by atoms with E-state index in [1.54, 1.807) is 48.5 Å². The molecular weight excluding hydrogens is 594 g/mol. The van der Waals surface area contributed by atoms with Gasteiger partial charge >= 0.3 is 18.0 Å². The maximum Gasteiger partial charge on any atom is 0.336 e. The van der Waals surface area contributed by atoms with E-state index in [0.29, 0.717) is 34.1 Å². The van der Waals surface area contributed by atoms with Crippen molar-refractivity contribution in [1.82, 2.24) is 10.3 Å². The van der Waals surface area contributed by atoms with Gasteiger partial charge in [-0.25, -0.2) is 9.59 Å². The normalized spacial score (nSPS) is 11.1. The van der Waals surface area contributed by atoms with Gasteiger partial charge in [0.25, 0.3) is 5.91 Å². The molecule has 5 N–H and O–H groups in total. The lowest BCUT2D eigenvalue weighted by atomic mass is 10.0. The van der Waals surface area contributed by atoms with Crippen molar-refractivity contribution in [3.05, 3.63) is 107 Å². The first-order chi connectivity index (χ1) is 22.0. The van der Waals surface area contributed by atoms with Crippen LogP contribution in [0.3, 0.4) is 0 Å². The highest BCUT2D eigenvalue weighted by Crippen LogP contribution is 2.34. The number of anilines is 4. The number of hydrogen-bond donors (Lipinski definition) is 5. The van der Waals surface area contributed by atoms with Gasteiger partial charge in [-0.2, -0.15) is 0 Å². The number of para-hydroxylation sites is 1. The van der Waals surface area contributed by atoms with Crippen LogP contribution in [0.1, 0.15) is 51.2 Å². The number of rotatable bonds is 11. The summed E-state index contributed by atoms with van der Waals surface area (Å²) in [5.74, 6) is -3.39. The minimum atomic E-state index is -1.33. The summed E-state index contributed by atoms with van der Waals surface area (Å²) < 4.78 is 5.49. The van der Waals surface area contributed by atoms with Crippen LogP contribution in [0.5, 0.6) is 5.75 Å². The maximum absolute atomic E-state index is 12.9. The number of benzene rings is 3. The van der Waals surface area contributed by atoms with E-state index in [4.69, 9.17) is 4.74 Å². The predicted octanol–water partition coefficient (Wildman–Crippen LogP) is 5.37. The average molecular weight is 626 g/mol. The van der Waals surface area contributed by atoms with E-state index in [1.165, 1.54) is 31.2 Å². The summed E-state index contributed by atoms with van der Waals surface area (Å²) in [5.41, 5.74) is 2.66. The number of aromatic carboxylic acids is 1. The number of aliphatic carboxylic acids is 1. The summed E-state index contributed by atoms with van der Waals surface area (Å²) in [6.45, 7) is 3.24. The molecule has 3 aromatic carbocycles. The number of pyridine rings is 1. The Bertz CT molecular complexity index is 1790. The van der Waals surface area contributed by atoms with E-state index in [9.17, 15) is 34.2 Å². The molecule has 0 bridgehead atoms. The fourth-order valence-corrected chi connectivity index (χ4v) is 4.70. The SMILES string of the molecule is COc1cc(N(C(C)=O)c2ccc(C(CC(=O)O)NC(=O)c3cnccc3C(=O)O)cc2)ccc1NC(=O)Nc1ccccc1C. The molecule has 13 nitrogen and oxygen atoms in total. The van der Waals surface area contributed by atoms with Crippen molar-refractivity contribution >= 4 is 52.5 Å². The fraction of sp³-hybridized carbons (Fsp3) is 0.152. The summed E-state index contributed by atoms with van der Waals surface area (Å²) in [6, 6.07) is 18.1. The lowest BCUT2D eigenvalue weighted by Crippen LogP contribution is -2.31. The Morgan fingerprint density at radius 2 is 1.54 bits per heavy atom. The number of amides is 4. The molecule has 1 atom stereocenters. The monoisotopic (exact) mass is 625 g/mol. The number of carbonyl (C=O) groups excluding carboxylic acids is 3. The van der Waals surface area contributed by atoms with Crippen molar-refractivity contribution in [1.29, 1.82) is 0 Å². The summed E-state index contributed by atoms with van der Waals surface area (Å²) in [5, 5.41) is 27.0. The molecular formula is C33H31N5O8. The molecule has 1 heterocycles. The molecule has 13 heteroatoms. The molecule has 4 aromatic rings. The average Bonchev–Trinajstić information content (AvgIpc) is 3.02. The zero-order valence-corrected chi connectivity index (χ0v) is 25.1. The number of nitrogens with zero attached hydrogens (tertiary/aromatic N) is 2. The van der Waals surface area contributed by atoms with Crippen molar-refractivity contribution < 1.29 is 38.9 Å². The third-order valence-corrected chi connectivity index (χ3v) is 6.93. The van der Waals surface area contributed by atoms with E-state index >= 15 is 0 Å². The minimum Gasteiger partial charge on any atom is -0.494 e. The lowest BCUT2D eigenvalue weighted by Gasteiger charge is -2.24. The Balaban J connectivity index is 1.56. The van der Waals surface area contributed by atoms with Crippen LogP contribution in [0.4, 0.5) is 27.5 Å². The molecule has 1 aromatic heterocycles. The highest BCUT2D eigenvalue weighted by Gasteiger charge is 2.24. The first kappa shape index (κ1) is 32.7. The van der Waals surface area contributed by atoms with Crippen molar-refractivity contribution in [3.8, 4) is 5.75 Å². The molecule has 46 heavy (non-hydrogen) atoms. The Kier molecular flexibility index (Phi) is 10.3. The van der Waals surface area contributed by atoms with Gasteiger partial charge in [0.2, 0.25) is 5.91 Å². The number of carbonyl (C=O) groups is 5. The third-order valence-electron chi connectivity index (χ3n) is 6.93. The Hall–Kier alpha value is -6.24. The van der Waals surface area contributed by atoms with Crippen LogP contribution < -0.4 is 25.6 Å². The van der Waals surface area contributed by atoms with Gasteiger partial charge in [-0.3, -0.25) is 24.3 Å². The molecule has 0 radical (unpaired) electrons. The number of carboxylic acids is 2. The molecule has 4 rings (SSSR count). The number of ether oxygens (including phenoxy) is 1. The molecule has 0 spiro atoms. The number of urea groups is 1. The maximum atomic E-state index is 12.9. The van der Waals surface area contributed by atoms with Crippen molar-refractivity contribution in [2.24, 2.45) is 0 Å². The van der Waals surface area contributed by atoms with Gasteiger partial charge in [-0.1, -0.05) is 30.3 Å². The lowest BCUT2D eigenvalue weighted by molar-refractivity contribution is -0.137. The molecule has 1 unspecified atom stereocenters. The summed E-state index contributed by atoms with van der Waals surface area (Å²) in [6.07, 6.45) is 1.83. The molecule has 4 amide bonds. The van der Waals surface area contributed by atoms with E-state index in [1.807, 2.05) is 25.1 Å². The first-order valence-electron chi connectivity index (χ1n) is 13.9. The second-order valence-corrected chi connectivity index (χ2v) is 10.1. The van der Waals surface area contributed by atoms with Gasteiger partial charge in [0.1, 0.15) is 5.75 Å². The largest absolute Gasteiger partial charge is 0.494 e. The van der Waals surface area contributed by atoms with Gasteiger partial charge in [-0.15, -0.1) is 0 Å². The van der Waals surface area contributed by atoms with Crippen molar-refractivity contribution in [2.45, 2.75) is 26.3 Å². The van der Waals surface area contributed by atoms with Gasteiger partial charge < -0.3 is 30.9 Å². The summed E-state index contributed by atoms with van der Waals surface area (Å²) >= 11 is 0. The third kappa shape index (κ3) is 7.82. The van der Waals surface area contributed by atoms with Crippen LogP contribution in [0.2, 0.25) is 0 Å². The Morgan fingerprint density at radius 3 is 2.17 bits per heavy atom. The molecule has 0 saturated carbocycles. The van der Waals surface area contributed by atoms with Gasteiger partial charge in [-0.05, 0) is 54.4 Å². The second kappa shape index (κ2) is 14.5. The van der Waals surface area contributed by atoms with Gasteiger partial charge in [0, 0.05) is 36.8 Å².